The Morgan fingerprint density at radius 1 is 1.00 bits per heavy atom. The molecule has 0 fully saturated rings. The molecule has 0 saturated carbocycles. The Labute approximate surface area is 84.2 Å². The van der Waals surface area contributed by atoms with E-state index in [0.29, 0.717) is 11.6 Å². The van der Waals surface area contributed by atoms with Crippen molar-refractivity contribution in [2.45, 2.75) is 0 Å². The van der Waals surface area contributed by atoms with E-state index >= 15 is 0 Å². The Hall–Kier alpha value is -1.74. The molecule has 0 spiro atoms. The summed E-state index contributed by atoms with van der Waals surface area (Å²) in [5.74, 6) is 0.991. The van der Waals surface area contributed by atoms with Crippen LogP contribution in [0, 0.1) is 0 Å². The van der Waals surface area contributed by atoms with E-state index in [-0.39, 0.29) is 5.88 Å². The first-order valence-corrected chi connectivity index (χ1v) is 5.83. The second-order valence-corrected chi connectivity index (χ2v) is 4.76. The van der Waals surface area contributed by atoms with Gasteiger partial charge in [0.15, 0.2) is 0 Å². The molecular weight excluding hydrogens is 217 g/mol. The summed E-state index contributed by atoms with van der Waals surface area (Å²) in [4.78, 5) is 4.05. The summed E-state index contributed by atoms with van der Waals surface area (Å²) in [7, 11) is -3.46. The third-order valence-electron chi connectivity index (χ3n) is 2.40. The quantitative estimate of drug-likeness (QED) is 0.639. The van der Waals surface area contributed by atoms with Crippen molar-refractivity contribution in [3.05, 3.63) is 24.3 Å². The number of nitrogens with zero attached hydrogens (tertiary/aromatic N) is 1. The SMILES string of the molecule is O=P12Oc3nc(c4ccccc4c3O1)O2. The van der Waals surface area contributed by atoms with Crippen LogP contribution in [-0.2, 0) is 4.57 Å². The predicted octanol–water partition coefficient (Wildman–Crippen LogP) is 2.51. The summed E-state index contributed by atoms with van der Waals surface area (Å²) < 4.78 is 27.0. The largest absolute Gasteiger partial charge is 0.650 e. The molecule has 1 atom stereocenters. The molecule has 2 aliphatic heterocycles. The van der Waals surface area contributed by atoms with Crippen LogP contribution in [0.1, 0.15) is 0 Å². The summed E-state index contributed by atoms with van der Waals surface area (Å²) in [6.07, 6.45) is 0. The summed E-state index contributed by atoms with van der Waals surface area (Å²) >= 11 is 0. The Kier molecular flexibility index (Phi) is 1.05. The zero-order chi connectivity index (χ0) is 10.0. The molecule has 1 aromatic heterocycles. The van der Waals surface area contributed by atoms with Crippen molar-refractivity contribution < 1.29 is 18.1 Å². The van der Waals surface area contributed by atoms with Crippen LogP contribution in [0.25, 0.3) is 10.8 Å². The van der Waals surface area contributed by atoms with E-state index in [2.05, 4.69) is 4.98 Å². The van der Waals surface area contributed by atoms with Gasteiger partial charge in [-0.15, -0.1) is 0 Å². The number of aromatic nitrogens is 1. The van der Waals surface area contributed by atoms with E-state index in [1.807, 2.05) is 24.3 Å². The van der Waals surface area contributed by atoms with Crippen LogP contribution in [0.5, 0.6) is 17.5 Å². The Morgan fingerprint density at radius 2 is 1.73 bits per heavy atom. The van der Waals surface area contributed by atoms with Crippen molar-refractivity contribution in [3.63, 3.8) is 0 Å². The second kappa shape index (κ2) is 2.09. The van der Waals surface area contributed by atoms with E-state index in [1.165, 1.54) is 0 Å². The fourth-order valence-electron chi connectivity index (χ4n) is 1.79. The number of phosphoric ester groups is 1. The fourth-order valence-corrected chi connectivity index (χ4v) is 2.98. The van der Waals surface area contributed by atoms with Gasteiger partial charge in [-0.3, -0.25) is 0 Å². The van der Waals surface area contributed by atoms with Gasteiger partial charge in [-0.2, -0.15) is 9.55 Å². The molecule has 0 amide bonds. The molecule has 0 saturated heterocycles. The van der Waals surface area contributed by atoms with Gasteiger partial charge in [0.25, 0.3) is 5.88 Å². The zero-order valence-electron chi connectivity index (χ0n) is 7.34. The van der Waals surface area contributed by atoms with Crippen LogP contribution < -0.4 is 13.6 Å². The van der Waals surface area contributed by atoms with Gasteiger partial charge in [0, 0.05) is 10.8 Å². The minimum atomic E-state index is -3.46. The summed E-state index contributed by atoms with van der Waals surface area (Å²) in [6.45, 7) is 0. The molecule has 3 heterocycles. The highest BCUT2D eigenvalue weighted by atomic mass is 31.2. The third kappa shape index (κ3) is 0.796. The van der Waals surface area contributed by atoms with E-state index in [4.69, 9.17) is 13.6 Å². The summed E-state index contributed by atoms with van der Waals surface area (Å²) in [6, 6.07) is 7.42. The van der Waals surface area contributed by atoms with Crippen molar-refractivity contribution in [1.29, 1.82) is 0 Å². The molecule has 4 rings (SSSR count). The topological polar surface area (TPSA) is 57.7 Å². The Morgan fingerprint density at radius 3 is 2.60 bits per heavy atom. The van der Waals surface area contributed by atoms with Crippen molar-refractivity contribution in [2.75, 3.05) is 0 Å². The maximum Gasteiger partial charge on any atom is 0.650 e. The molecule has 2 aromatic rings. The van der Waals surface area contributed by atoms with Crippen LogP contribution in [0.4, 0.5) is 0 Å². The lowest BCUT2D eigenvalue weighted by atomic mass is 10.1. The molecule has 0 radical (unpaired) electrons. The molecule has 6 heteroatoms. The highest BCUT2D eigenvalue weighted by molar-refractivity contribution is 7.50. The van der Waals surface area contributed by atoms with Crippen LogP contribution in [-0.4, -0.2) is 4.98 Å². The highest BCUT2D eigenvalue weighted by Crippen LogP contribution is 2.64. The minimum Gasteiger partial charge on any atom is -0.379 e. The summed E-state index contributed by atoms with van der Waals surface area (Å²) in [5, 5.41) is 1.60. The van der Waals surface area contributed by atoms with Gasteiger partial charge >= 0.3 is 7.82 Å². The Bertz CT molecular complexity index is 648. The molecule has 1 aromatic carbocycles. The first-order chi connectivity index (χ1) is 7.25. The van der Waals surface area contributed by atoms with E-state index in [0.717, 1.165) is 10.8 Å². The van der Waals surface area contributed by atoms with E-state index in [1.54, 1.807) is 0 Å². The van der Waals surface area contributed by atoms with Crippen molar-refractivity contribution in [1.82, 2.24) is 4.98 Å². The normalized spacial score (nSPS) is 24.8. The molecule has 2 aliphatic rings. The lowest BCUT2D eigenvalue weighted by Crippen LogP contribution is -2.04. The molecular formula is C9H4NO4P. The first kappa shape index (κ1) is 7.54. The number of hydrogen-bond donors (Lipinski definition) is 0. The zero-order valence-corrected chi connectivity index (χ0v) is 8.23. The number of rotatable bonds is 0. The van der Waals surface area contributed by atoms with Crippen molar-refractivity contribution in [3.8, 4) is 17.5 Å². The maximum atomic E-state index is 11.8. The summed E-state index contributed by atoms with van der Waals surface area (Å²) in [5.41, 5.74) is 0. The molecule has 5 nitrogen and oxygen atoms in total. The van der Waals surface area contributed by atoms with Crippen LogP contribution in [0.2, 0.25) is 0 Å². The highest BCUT2D eigenvalue weighted by Gasteiger charge is 2.48. The fraction of sp³-hybridized carbons (Fsp3) is 0. The third-order valence-corrected chi connectivity index (χ3v) is 3.60. The minimum absolute atomic E-state index is 0.262. The van der Waals surface area contributed by atoms with Gasteiger partial charge in [-0.05, 0) is 6.07 Å². The van der Waals surface area contributed by atoms with E-state index < -0.39 is 7.82 Å². The van der Waals surface area contributed by atoms with Crippen LogP contribution in [0.15, 0.2) is 24.3 Å². The first-order valence-electron chi connectivity index (χ1n) is 4.37. The number of benzene rings is 1. The van der Waals surface area contributed by atoms with Crippen molar-refractivity contribution in [2.24, 2.45) is 0 Å². The van der Waals surface area contributed by atoms with Gasteiger partial charge in [0.2, 0.25) is 11.6 Å². The average Bonchev–Trinajstić information content (AvgIpc) is 2.42. The van der Waals surface area contributed by atoms with Gasteiger partial charge in [0.05, 0.1) is 0 Å². The number of fused-ring (bicyclic) bond motifs is 5. The molecule has 3 bridgehead atoms. The smallest absolute Gasteiger partial charge is 0.379 e. The van der Waals surface area contributed by atoms with E-state index in [9.17, 15) is 4.57 Å². The Balaban J connectivity index is 2.28. The maximum absolute atomic E-state index is 11.8. The standard InChI is InChI=1S/C9H4NO4P/c11-15-12-7-5-3-1-2-4-6(5)8(13-15)10-9(7)14-15/h1-4H. The van der Waals surface area contributed by atoms with Crippen LogP contribution >= 0.6 is 7.82 Å². The van der Waals surface area contributed by atoms with Gasteiger partial charge < -0.3 is 13.6 Å². The van der Waals surface area contributed by atoms with Gasteiger partial charge in [-0.25, -0.2) is 0 Å². The molecule has 74 valence electrons. The molecule has 0 N–H and O–H groups in total. The molecule has 15 heavy (non-hydrogen) atoms. The number of pyridine rings is 1. The predicted molar refractivity (Wildman–Crippen MR) is 51.2 cm³/mol. The van der Waals surface area contributed by atoms with Gasteiger partial charge in [0.1, 0.15) is 0 Å². The molecule has 0 aliphatic carbocycles. The lowest BCUT2D eigenvalue weighted by molar-refractivity contribution is 0.314. The lowest BCUT2D eigenvalue weighted by Gasteiger charge is -2.12. The number of phosphoric acid groups is 1. The van der Waals surface area contributed by atoms with Crippen LogP contribution in [0.3, 0.4) is 0 Å². The van der Waals surface area contributed by atoms with Crippen molar-refractivity contribution >= 4 is 18.6 Å². The molecule has 1 unspecified atom stereocenters. The monoisotopic (exact) mass is 221 g/mol. The average molecular weight is 221 g/mol. The number of hydrogen-bond acceptors (Lipinski definition) is 5. The van der Waals surface area contributed by atoms with Gasteiger partial charge in [-0.1, -0.05) is 18.2 Å². The second-order valence-electron chi connectivity index (χ2n) is 3.32.